The van der Waals surface area contributed by atoms with Crippen LogP contribution >= 0.6 is 11.6 Å². The van der Waals surface area contributed by atoms with E-state index in [1.807, 2.05) is 31.2 Å². The second-order valence-electron chi connectivity index (χ2n) is 5.02. The molecule has 2 rings (SSSR count). The summed E-state index contributed by atoms with van der Waals surface area (Å²) in [6, 6.07) is 7.46. The van der Waals surface area contributed by atoms with E-state index in [-0.39, 0.29) is 0 Å². The van der Waals surface area contributed by atoms with Gasteiger partial charge in [-0.05, 0) is 37.5 Å². The van der Waals surface area contributed by atoms with Gasteiger partial charge in [0.05, 0.1) is 5.60 Å². The molecule has 2 nitrogen and oxygen atoms in total. The molecule has 1 aromatic carbocycles. The Morgan fingerprint density at radius 2 is 2.06 bits per heavy atom. The molecular weight excluding hydrogens is 248 g/mol. The lowest BCUT2D eigenvalue weighted by molar-refractivity contribution is -0.141. The van der Waals surface area contributed by atoms with E-state index in [0.717, 1.165) is 31.2 Å². The van der Waals surface area contributed by atoms with Crippen molar-refractivity contribution in [3.63, 3.8) is 0 Å². The Labute approximate surface area is 114 Å². The van der Waals surface area contributed by atoms with Crippen LogP contribution in [0.3, 0.4) is 0 Å². The number of aliphatic hydroxyl groups is 1. The van der Waals surface area contributed by atoms with E-state index < -0.39 is 11.7 Å². The van der Waals surface area contributed by atoms with Crippen LogP contribution in [0.2, 0.25) is 5.02 Å². The zero-order chi connectivity index (χ0) is 13.0. The number of ether oxygens (including phenoxy) is 1. The zero-order valence-electron chi connectivity index (χ0n) is 10.9. The van der Waals surface area contributed by atoms with Crippen LogP contribution in [0.25, 0.3) is 0 Å². The van der Waals surface area contributed by atoms with E-state index in [4.69, 9.17) is 16.3 Å². The first-order chi connectivity index (χ1) is 8.68. The molecule has 1 unspecified atom stereocenters. The Hall–Kier alpha value is -0.570. The number of benzene rings is 1. The number of hydrogen-bond donors (Lipinski definition) is 1. The SMILES string of the molecule is CCOC1(C(O)c2cccc(Cl)c2)CCCCC1. The zero-order valence-corrected chi connectivity index (χ0v) is 11.6. The second-order valence-corrected chi connectivity index (χ2v) is 5.45. The molecule has 0 aliphatic heterocycles. The molecule has 1 N–H and O–H groups in total. The van der Waals surface area contributed by atoms with Gasteiger partial charge in [0.15, 0.2) is 0 Å². The Morgan fingerprint density at radius 3 is 2.67 bits per heavy atom. The van der Waals surface area contributed by atoms with E-state index in [0.29, 0.717) is 11.6 Å². The Bertz CT molecular complexity index is 380. The standard InChI is InChI=1S/C15H21ClO2/c1-2-18-15(9-4-3-5-10-15)14(17)12-7-6-8-13(16)11-12/h6-8,11,14,17H,2-5,9-10H2,1H3. The van der Waals surface area contributed by atoms with Crippen molar-refractivity contribution in [3.8, 4) is 0 Å². The van der Waals surface area contributed by atoms with E-state index in [2.05, 4.69) is 0 Å². The maximum absolute atomic E-state index is 10.7. The maximum atomic E-state index is 10.7. The van der Waals surface area contributed by atoms with Crippen LogP contribution in [0.1, 0.15) is 50.7 Å². The van der Waals surface area contributed by atoms with Crippen LogP contribution in [0.4, 0.5) is 0 Å². The lowest BCUT2D eigenvalue weighted by atomic mass is 9.78. The number of aliphatic hydroxyl groups excluding tert-OH is 1. The third kappa shape index (κ3) is 2.87. The monoisotopic (exact) mass is 268 g/mol. The summed E-state index contributed by atoms with van der Waals surface area (Å²) in [5.74, 6) is 0. The van der Waals surface area contributed by atoms with Crippen molar-refractivity contribution in [2.75, 3.05) is 6.61 Å². The van der Waals surface area contributed by atoms with E-state index >= 15 is 0 Å². The first-order valence-corrected chi connectivity index (χ1v) is 7.13. The molecule has 0 bridgehead atoms. The highest BCUT2D eigenvalue weighted by molar-refractivity contribution is 6.30. The van der Waals surface area contributed by atoms with E-state index in [9.17, 15) is 5.11 Å². The molecule has 1 saturated carbocycles. The van der Waals surface area contributed by atoms with Gasteiger partial charge >= 0.3 is 0 Å². The normalized spacial score (nSPS) is 20.6. The quantitative estimate of drug-likeness (QED) is 0.890. The second kappa shape index (κ2) is 6.05. The van der Waals surface area contributed by atoms with Gasteiger partial charge in [-0.2, -0.15) is 0 Å². The molecule has 0 radical (unpaired) electrons. The predicted octanol–water partition coefficient (Wildman–Crippen LogP) is 4.11. The Balaban J connectivity index is 2.24. The molecule has 1 aromatic rings. The van der Waals surface area contributed by atoms with Crippen LogP contribution in [0.5, 0.6) is 0 Å². The van der Waals surface area contributed by atoms with Gasteiger partial charge in [0, 0.05) is 11.6 Å². The molecule has 1 atom stereocenters. The number of halogens is 1. The van der Waals surface area contributed by atoms with E-state index in [1.165, 1.54) is 6.42 Å². The summed E-state index contributed by atoms with van der Waals surface area (Å²) in [6.07, 6.45) is 4.74. The minimum absolute atomic E-state index is 0.419. The van der Waals surface area contributed by atoms with Gasteiger partial charge in [-0.15, -0.1) is 0 Å². The third-order valence-corrected chi connectivity index (χ3v) is 4.03. The molecule has 18 heavy (non-hydrogen) atoms. The summed E-state index contributed by atoms with van der Waals surface area (Å²) in [5.41, 5.74) is 0.440. The van der Waals surface area contributed by atoms with Gasteiger partial charge in [-0.1, -0.05) is 43.0 Å². The van der Waals surface area contributed by atoms with E-state index in [1.54, 1.807) is 0 Å². The van der Waals surface area contributed by atoms with Crippen LogP contribution in [0.15, 0.2) is 24.3 Å². The summed E-state index contributed by atoms with van der Waals surface area (Å²) in [7, 11) is 0. The highest BCUT2D eigenvalue weighted by Gasteiger charge is 2.40. The van der Waals surface area contributed by atoms with Gasteiger partial charge in [0.2, 0.25) is 0 Å². The molecule has 1 aliphatic rings. The smallest absolute Gasteiger partial charge is 0.108 e. The Morgan fingerprint density at radius 1 is 1.33 bits per heavy atom. The van der Waals surface area contributed by atoms with Gasteiger partial charge in [-0.3, -0.25) is 0 Å². The molecule has 0 amide bonds. The van der Waals surface area contributed by atoms with Crippen molar-refractivity contribution in [3.05, 3.63) is 34.9 Å². The molecule has 0 spiro atoms. The van der Waals surface area contributed by atoms with Gasteiger partial charge < -0.3 is 9.84 Å². The fraction of sp³-hybridized carbons (Fsp3) is 0.600. The van der Waals surface area contributed by atoms with Gasteiger partial charge in [0.1, 0.15) is 6.10 Å². The minimum atomic E-state index is -0.587. The van der Waals surface area contributed by atoms with Crippen molar-refractivity contribution >= 4 is 11.6 Å². The topological polar surface area (TPSA) is 29.5 Å². The molecule has 1 fully saturated rings. The third-order valence-electron chi connectivity index (χ3n) is 3.79. The first-order valence-electron chi connectivity index (χ1n) is 6.75. The minimum Gasteiger partial charge on any atom is -0.385 e. The number of hydrogen-bond acceptors (Lipinski definition) is 2. The van der Waals surface area contributed by atoms with Crippen molar-refractivity contribution in [2.24, 2.45) is 0 Å². The maximum Gasteiger partial charge on any atom is 0.108 e. The largest absolute Gasteiger partial charge is 0.385 e. The number of rotatable bonds is 4. The fourth-order valence-electron chi connectivity index (χ4n) is 2.91. The lowest BCUT2D eigenvalue weighted by Gasteiger charge is -2.41. The average Bonchev–Trinajstić information content (AvgIpc) is 2.39. The van der Waals surface area contributed by atoms with Crippen LogP contribution in [-0.2, 0) is 4.74 Å². The van der Waals surface area contributed by atoms with Crippen LogP contribution < -0.4 is 0 Å². The highest BCUT2D eigenvalue weighted by atomic mass is 35.5. The van der Waals surface area contributed by atoms with Crippen molar-refractivity contribution in [2.45, 2.75) is 50.7 Å². The fourth-order valence-corrected chi connectivity index (χ4v) is 3.11. The van der Waals surface area contributed by atoms with Gasteiger partial charge in [-0.25, -0.2) is 0 Å². The average molecular weight is 269 g/mol. The predicted molar refractivity (Wildman–Crippen MR) is 73.9 cm³/mol. The highest BCUT2D eigenvalue weighted by Crippen LogP contribution is 2.41. The molecule has 0 heterocycles. The van der Waals surface area contributed by atoms with Crippen molar-refractivity contribution in [1.29, 1.82) is 0 Å². The van der Waals surface area contributed by atoms with Crippen LogP contribution in [0, 0.1) is 0 Å². The molecule has 0 saturated heterocycles. The summed E-state index contributed by atoms with van der Waals surface area (Å²) in [6.45, 7) is 2.62. The van der Waals surface area contributed by atoms with Crippen LogP contribution in [-0.4, -0.2) is 17.3 Å². The van der Waals surface area contributed by atoms with Gasteiger partial charge in [0.25, 0.3) is 0 Å². The molecule has 100 valence electrons. The molecule has 3 heteroatoms. The summed E-state index contributed by atoms with van der Waals surface area (Å²) in [5, 5.41) is 11.3. The van der Waals surface area contributed by atoms with Crippen molar-refractivity contribution < 1.29 is 9.84 Å². The molecular formula is C15H21ClO2. The summed E-state index contributed by atoms with van der Waals surface area (Å²) in [4.78, 5) is 0. The molecule has 0 aromatic heterocycles. The summed E-state index contributed by atoms with van der Waals surface area (Å²) >= 11 is 6.00. The lowest BCUT2D eigenvalue weighted by Crippen LogP contribution is -2.41. The van der Waals surface area contributed by atoms with Crippen molar-refractivity contribution in [1.82, 2.24) is 0 Å². The Kier molecular flexibility index (Phi) is 4.66. The first kappa shape index (κ1) is 13.9. The summed E-state index contributed by atoms with van der Waals surface area (Å²) < 4.78 is 5.93. The molecule has 1 aliphatic carbocycles.